The summed E-state index contributed by atoms with van der Waals surface area (Å²) < 4.78 is 14.0. The lowest BCUT2D eigenvalue weighted by Crippen LogP contribution is -2.61. The highest BCUT2D eigenvalue weighted by atomic mass is 28.3. The molecule has 3 N–H and O–H groups in total. The van der Waals surface area contributed by atoms with E-state index in [9.17, 15) is 14.7 Å². The molecule has 1 aromatic carbocycles. The summed E-state index contributed by atoms with van der Waals surface area (Å²) in [5, 5.41) is 12.5. The van der Waals surface area contributed by atoms with Gasteiger partial charge in [-0.1, -0.05) is 65.1 Å². The third-order valence-electron chi connectivity index (χ3n) is 8.73. The molecule has 0 amide bonds. The Morgan fingerprint density at radius 3 is 2.68 bits per heavy atom. The molecule has 196 valence electrons. The first kappa shape index (κ1) is 25.5. The third kappa shape index (κ3) is 3.62. The summed E-state index contributed by atoms with van der Waals surface area (Å²) in [5.74, 6) is -1.26. The van der Waals surface area contributed by atoms with E-state index in [0.717, 1.165) is 16.6 Å². The molecular formula is C28H35N3O5Si. The Morgan fingerprint density at radius 1 is 1.32 bits per heavy atom. The van der Waals surface area contributed by atoms with Crippen LogP contribution in [0, 0.1) is 0 Å². The average molecular weight is 522 g/mol. The number of aliphatic hydroxyl groups is 1. The van der Waals surface area contributed by atoms with Gasteiger partial charge < -0.3 is 24.9 Å². The second-order valence-corrected chi connectivity index (χ2v) is 17.2. The van der Waals surface area contributed by atoms with Gasteiger partial charge in [-0.3, -0.25) is 4.79 Å². The summed E-state index contributed by atoms with van der Waals surface area (Å²) in [7, 11) is -2.40. The van der Waals surface area contributed by atoms with Crippen LogP contribution in [0.3, 0.4) is 0 Å². The van der Waals surface area contributed by atoms with Crippen LogP contribution in [0.15, 0.2) is 35.4 Å². The first-order valence-electron chi connectivity index (χ1n) is 12.8. The van der Waals surface area contributed by atoms with Crippen molar-refractivity contribution in [3.63, 3.8) is 0 Å². The van der Waals surface area contributed by atoms with E-state index in [1.54, 1.807) is 6.92 Å². The van der Waals surface area contributed by atoms with Crippen molar-refractivity contribution >= 4 is 31.8 Å². The van der Waals surface area contributed by atoms with Crippen molar-refractivity contribution in [3.8, 4) is 0 Å². The zero-order valence-electron chi connectivity index (χ0n) is 22.3. The first-order valence-corrected chi connectivity index (χ1v) is 15.9. The van der Waals surface area contributed by atoms with Gasteiger partial charge in [0.05, 0.1) is 18.8 Å². The Morgan fingerprint density at radius 2 is 2.03 bits per heavy atom. The summed E-state index contributed by atoms with van der Waals surface area (Å²) in [6, 6.07) is 8.11. The minimum absolute atomic E-state index is 0.0479. The number of ether oxygens (including phenoxy) is 2. The summed E-state index contributed by atoms with van der Waals surface area (Å²) >= 11 is 0. The number of rotatable bonds is 4. The van der Waals surface area contributed by atoms with Gasteiger partial charge >= 0.3 is 11.9 Å². The van der Waals surface area contributed by atoms with Gasteiger partial charge in [0.15, 0.2) is 0 Å². The molecule has 1 aromatic heterocycles. The Labute approximate surface area is 217 Å². The molecule has 9 heteroatoms. The maximum absolute atomic E-state index is 13.7. The van der Waals surface area contributed by atoms with Crippen molar-refractivity contribution in [2.45, 2.75) is 76.5 Å². The topological polar surface area (TPSA) is 117 Å². The zero-order chi connectivity index (χ0) is 26.9. The normalized spacial score (nSPS) is 22.8. The Bertz CT molecular complexity index is 1480. The van der Waals surface area contributed by atoms with E-state index >= 15 is 0 Å². The molecule has 2 atom stereocenters. The molecule has 0 bridgehead atoms. The van der Waals surface area contributed by atoms with E-state index in [-0.39, 0.29) is 30.2 Å². The predicted octanol–water partition coefficient (Wildman–Crippen LogP) is 2.22. The molecule has 8 nitrogen and oxygen atoms in total. The number of aliphatic hydroxyl groups excluding tert-OH is 1. The number of hydrogen-bond donors (Lipinski definition) is 2. The zero-order valence-corrected chi connectivity index (χ0v) is 23.3. The van der Waals surface area contributed by atoms with Crippen LogP contribution in [0.1, 0.15) is 50.9 Å². The van der Waals surface area contributed by atoms with Crippen molar-refractivity contribution in [3.05, 3.63) is 63.1 Å². The fourth-order valence-electron chi connectivity index (χ4n) is 5.54. The SMILES string of the molecule is CCC1(OC(=O)CN)C(=O)OC([Si](C)(C)C(C)(C)C)C2=C1Cc1nc3n(c1=C2O)Cc1ccccc1C=3. The Balaban J connectivity index is 1.81. The predicted molar refractivity (Wildman–Crippen MR) is 143 cm³/mol. The van der Waals surface area contributed by atoms with E-state index in [1.807, 2.05) is 28.8 Å². The minimum atomic E-state index is -2.40. The van der Waals surface area contributed by atoms with E-state index < -0.39 is 31.3 Å². The largest absolute Gasteiger partial charge is 0.505 e. The number of carbonyl (C=O) groups is 2. The van der Waals surface area contributed by atoms with Gasteiger partial charge in [-0.15, -0.1) is 0 Å². The summed E-state index contributed by atoms with van der Waals surface area (Å²) in [4.78, 5) is 31.1. The number of nitrogens with two attached hydrogens (primary N) is 1. The molecule has 5 rings (SSSR count). The number of nitrogens with zero attached hydrogens (tertiary/aromatic N) is 2. The highest BCUT2D eigenvalue weighted by Crippen LogP contribution is 2.49. The van der Waals surface area contributed by atoms with Gasteiger partial charge in [-0.2, -0.15) is 0 Å². The fourth-order valence-corrected chi connectivity index (χ4v) is 7.76. The van der Waals surface area contributed by atoms with E-state index in [0.29, 0.717) is 28.7 Å². The lowest BCUT2D eigenvalue weighted by Gasteiger charge is -2.49. The van der Waals surface area contributed by atoms with Crippen molar-refractivity contribution in [1.29, 1.82) is 0 Å². The number of aromatic nitrogens is 2. The fraction of sp³-hybridized carbons (Fsp3) is 0.464. The maximum atomic E-state index is 13.7. The molecular weight excluding hydrogens is 486 g/mol. The Kier molecular flexibility index (Phi) is 5.80. The molecule has 0 fully saturated rings. The van der Waals surface area contributed by atoms with Gasteiger partial charge in [0.1, 0.15) is 30.4 Å². The van der Waals surface area contributed by atoms with E-state index in [2.05, 4.69) is 39.9 Å². The second kappa shape index (κ2) is 8.42. The summed E-state index contributed by atoms with van der Waals surface area (Å²) in [6.07, 6.45) is 2.44. The quantitative estimate of drug-likeness (QED) is 0.399. The molecule has 2 aliphatic heterocycles. The van der Waals surface area contributed by atoms with Gasteiger partial charge in [0.25, 0.3) is 0 Å². The van der Waals surface area contributed by atoms with Crippen molar-refractivity contribution in [2.24, 2.45) is 5.73 Å². The van der Waals surface area contributed by atoms with Crippen molar-refractivity contribution in [1.82, 2.24) is 9.55 Å². The van der Waals surface area contributed by atoms with Gasteiger partial charge in [0.2, 0.25) is 5.60 Å². The van der Waals surface area contributed by atoms with Crippen LogP contribution in [0.5, 0.6) is 0 Å². The molecule has 37 heavy (non-hydrogen) atoms. The monoisotopic (exact) mass is 521 g/mol. The molecule has 2 unspecified atom stereocenters. The standard InChI is InChI=1S/C28H35N3O5Si/c1-7-28(36-21(32)14-29)18-13-19-23(31-15-17-11-9-8-10-16(17)12-20(31)30-19)24(33)22(18)25(35-26(28)34)37(5,6)27(2,3)4/h8-12,25,33H,7,13-15,29H2,1-6H3. The molecule has 2 aromatic rings. The molecule has 0 radical (unpaired) electrons. The molecule has 0 saturated carbocycles. The van der Waals surface area contributed by atoms with Crippen LogP contribution in [0.25, 0.3) is 11.8 Å². The third-order valence-corrected chi connectivity index (χ3v) is 14.3. The number of imidazole rings is 1. The van der Waals surface area contributed by atoms with Crippen LogP contribution in [-0.2, 0) is 32.0 Å². The lowest BCUT2D eigenvalue weighted by molar-refractivity contribution is -0.181. The maximum Gasteiger partial charge on any atom is 0.355 e. The molecule has 3 aliphatic rings. The first-order chi connectivity index (χ1) is 17.4. The molecule has 0 spiro atoms. The van der Waals surface area contributed by atoms with Crippen LogP contribution < -0.4 is 16.6 Å². The molecule has 1 aliphatic carbocycles. The lowest BCUT2D eigenvalue weighted by atomic mass is 9.79. The number of carbonyl (C=O) groups excluding carboxylic acids is 2. The van der Waals surface area contributed by atoms with Crippen molar-refractivity contribution in [2.75, 3.05) is 6.54 Å². The van der Waals surface area contributed by atoms with Gasteiger partial charge in [-0.25, -0.2) is 9.78 Å². The number of hydrogen-bond acceptors (Lipinski definition) is 7. The van der Waals surface area contributed by atoms with Crippen molar-refractivity contribution < 1.29 is 24.2 Å². The number of cyclic esters (lactones) is 1. The van der Waals surface area contributed by atoms with E-state index in [4.69, 9.17) is 20.2 Å². The van der Waals surface area contributed by atoms with E-state index in [1.165, 1.54) is 0 Å². The number of fused-ring (bicyclic) bond motifs is 4. The summed E-state index contributed by atoms with van der Waals surface area (Å²) in [5.41, 5.74) is 8.03. The van der Waals surface area contributed by atoms with Crippen LogP contribution in [0.2, 0.25) is 18.1 Å². The average Bonchev–Trinajstić information content (AvgIpc) is 3.20. The second-order valence-electron chi connectivity index (χ2n) is 11.7. The highest BCUT2D eigenvalue weighted by Gasteiger charge is 2.59. The van der Waals surface area contributed by atoms with Crippen LogP contribution >= 0.6 is 0 Å². The Hall–Kier alpha value is -3.17. The molecule has 0 saturated heterocycles. The smallest absolute Gasteiger partial charge is 0.355 e. The van der Waals surface area contributed by atoms with Gasteiger partial charge in [0, 0.05) is 17.6 Å². The number of esters is 2. The highest BCUT2D eigenvalue weighted by molar-refractivity contribution is 6.82. The summed E-state index contributed by atoms with van der Waals surface area (Å²) in [6.45, 7) is 12.7. The molecule has 3 heterocycles. The van der Waals surface area contributed by atoms with Crippen LogP contribution in [-0.4, -0.2) is 52.5 Å². The minimum Gasteiger partial charge on any atom is -0.505 e. The van der Waals surface area contributed by atoms with Gasteiger partial charge in [-0.05, 0) is 28.7 Å². The van der Waals surface area contributed by atoms with Crippen LogP contribution in [0.4, 0.5) is 0 Å². The number of benzene rings is 1.